The molecule has 0 spiro atoms. The van der Waals surface area contributed by atoms with Crippen LogP contribution in [0.5, 0.6) is 11.5 Å². The largest absolute Gasteiger partial charge is 0.489 e. The Kier molecular flexibility index (Phi) is 3.35. The lowest BCUT2D eigenvalue weighted by Crippen LogP contribution is -2.33. The highest BCUT2D eigenvalue weighted by atomic mass is 19.1. The van der Waals surface area contributed by atoms with Crippen molar-refractivity contribution in [3.63, 3.8) is 0 Å². The Morgan fingerprint density at radius 1 is 1.11 bits per heavy atom. The summed E-state index contributed by atoms with van der Waals surface area (Å²) < 4.78 is 25.8. The highest BCUT2D eigenvalue weighted by Gasteiger charge is 2.38. The molecule has 1 heterocycles. The number of hydrogen-bond acceptors (Lipinski definition) is 3. The van der Waals surface area contributed by atoms with Gasteiger partial charge in [0.2, 0.25) is 0 Å². The predicted octanol–water partition coefficient (Wildman–Crippen LogP) is 2.76. The van der Waals surface area contributed by atoms with Crippen molar-refractivity contribution in [2.24, 2.45) is 5.73 Å². The third-order valence-electron chi connectivity index (χ3n) is 4.38. The van der Waals surface area contributed by atoms with Crippen LogP contribution in [-0.4, -0.2) is 19.8 Å². The summed E-state index contributed by atoms with van der Waals surface area (Å²) in [5.74, 6) is 0.519. The van der Waals surface area contributed by atoms with Crippen LogP contribution in [0.1, 0.15) is 37.7 Å². The fraction of sp³-hybridized carbons (Fsp3) is 0.600. The van der Waals surface area contributed by atoms with Crippen LogP contribution in [0.3, 0.4) is 0 Å². The highest BCUT2D eigenvalue weighted by molar-refractivity contribution is 5.47. The van der Waals surface area contributed by atoms with Crippen LogP contribution in [0.15, 0.2) is 12.1 Å². The molecule has 1 aliphatic heterocycles. The normalized spacial score (nSPS) is 21.2. The first-order valence-corrected chi connectivity index (χ1v) is 7.05. The second-order valence-corrected chi connectivity index (χ2v) is 5.50. The molecule has 0 aromatic heterocycles. The molecule has 0 unspecified atom stereocenters. The lowest BCUT2D eigenvalue weighted by atomic mass is 9.78. The van der Waals surface area contributed by atoms with E-state index >= 15 is 0 Å². The smallest absolute Gasteiger partial charge is 0.197 e. The number of halogens is 1. The summed E-state index contributed by atoms with van der Waals surface area (Å²) in [6, 6.07) is 3.66. The molecule has 19 heavy (non-hydrogen) atoms. The second-order valence-electron chi connectivity index (χ2n) is 5.50. The van der Waals surface area contributed by atoms with Gasteiger partial charge < -0.3 is 15.2 Å². The van der Waals surface area contributed by atoms with Crippen molar-refractivity contribution < 1.29 is 13.9 Å². The average Bonchev–Trinajstić information content (AvgIpc) is 2.78. The summed E-state index contributed by atoms with van der Waals surface area (Å²) in [6.45, 7) is 1.57. The molecule has 1 aliphatic carbocycles. The van der Waals surface area contributed by atoms with Crippen molar-refractivity contribution >= 4 is 0 Å². The first-order valence-electron chi connectivity index (χ1n) is 7.05. The van der Waals surface area contributed by atoms with E-state index < -0.39 is 0 Å². The molecule has 0 bridgehead atoms. The Labute approximate surface area is 112 Å². The Hall–Kier alpha value is -1.29. The molecule has 1 aromatic rings. The van der Waals surface area contributed by atoms with Crippen LogP contribution in [0.25, 0.3) is 0 Å². The van der Waals surface area contributed by atoms with Crippen molar-refractivity contribution in [2.45, 2.75) is 37.5 Å². The van der Waals surface area contributed by atoms with E-state index in [0.29, 0.717) is 31.1 Å². The number of benzene rings is 1. The maximum Gasteiger partial charge on any atom is 0.197 e. The van der Waals surface area contributed by atoms with Crippen LogP contribution in [-0.2, 0) is 5.41 Å². The summed E-state index contributed by atoms with van der Waals surface area (Å²) in [4.78, 5) is 0. The quantitative estimate of drug-likeness (QED) is 0.894. The lowest BCUT2D eigenvalue weighted by molar-refractivity contribution is 0.290. The van der Waals surface area contributed by atoms with Gasteiger partial charge in [-0.2, -0.15) is 0 Å². The zero-order chi connectivity index (χ0) is 13.3. The number of nitrogens with two attached hydrogens (primary N) is 1. The van der Waals surface area contributed by atoms with E-state index in [2.05, 4.69) is 0 Å². The van der Waals surface area contributed by atoms with Crippen LogP contribution in [0, 0.1) is 5.82 Å². The van der Waals surface area contributed by atoms with E-state index in [1.807, 2.05) is 12.1 Å². The van der Waals surface area contributed by atoms with Crippen LogP contribution >= 0.6 is 0 Å². The van der Waals surface area contributed by atoms with E-state index in [-0.39, 0.29) is 17.0 Å². The zero-order valence-electron chi connectivity index (χ0n) is 11.1. The minimum atomic E-state index is -0.272. The van der Waals surface area contributed by atoms with Crippen molar-refractivity contribution in [3.8, 4) is 11.5 Å². The van der Waals surface area contributed by atoms with Crippen LogP contribution < -0.4 is 15.2 Å². The van der Waals surface area contributed by atoms with Gasteiger partial charge in [-0.05, 0) is 24.5 Å². The number of rotatable bonds is 2. The molecule has 4 heteroatoms. The van der Waals surface area contributed by atoms with Crippen molar-refractivity contribution in [2.75, 3.05) is 19.8 Å². The van der Waals surface area contributed by atoms with Gasteiger partial charge >= 0.3 is 0 Å². The molecular weight excluding hydrogens is 245 g/mol. The van der Waals surface area contributed by atoms with E-state index in [9.17, 15) is 4.39 Å². The topological polar surface area (TPSA) is 44.5 Å². The zero-order valence-corrected chi connectivity index (χ0v) is 11.1. The number of fused-ring (bicyclic) bond motifs is 1. The average molecular weight is 265 g/mol. The van der Waals surface area contributed by atoms with E-state index in [0.717, 1.165) is 32.1 Å². The van der Waals surface area contributed by atoms with Gasteiger partial charge in [0.25, 0.3) is 0 Å². The van der Waals surface area contributed by atoms with Crippen molar-refractivity contribution in [1.82, 2.24) is 0 Å². The minimum Gasteiger partial charge on any atom is -0.489 e. The van der Waals surface area contributed by atoms with E-state index in [4.69, 9.17) is 15.2 Å². The molecule has 1 aromatic carbocycles. The number of ether oxygens (including phenoxy) is 2. The van der Waals surface area contributed by atoms with Gasteiger partial charge in [0.05, 0.1) is 13.2 Å². The van der Waals surface area contributed by atoms with Gasteiger partial charge in [-0.1, -0.05) is 18.9 Å². The van der Waals surface area contributed by atoms with Crippen molar-refractivity contribution in [3.05, 3.63) is 23.5 Å². The molecule has 3 nitrogen and oxygen atoms in total. The van der Waals surface area contributed by atoms with Gasteiger partial charge in [0, 0.05) is 18.4 Å². The lowest BCUT2D eigenvalue weighted by Gasteiger charge is -2.29. The van der Waals surface area contributed by atoms with Gasteiger partial charge in [-0.15, -0.1) is 0 Å². The summed E-state index contributed by atoms with van der Waals surface area (Å²) in [7, 11) is 0. The summed E-state index contributed by atoms with van der Waals surface area (Å²) in [5.41, 5.74) is 6.43. The monoisotopic (exact) mass is 265 g/mol. The molecule has 0 amide bonds. The fourth-order valence-corrected chi connectivity index (χ4v) is 3.25. The highest BCUT2D eigenvalue weighted by Crippen LogP contribution is 2.45. The third kappa shape index (κ3) is 2.08. The standard InChI is InChI=1S/C15H20FNO2/c16-13-11(15(10-17)6-1-2-7-15)4-5-12-14(13)19-9-3-8-18-12/h4-5H,1-3,6-10,17H2. The Bertz CT molecular complexity index is 469. The maximum atomic E-state index is 14.8. The molecule has 1 saturated carbocycles. The van der Waals surface area contributed by atoms with Gasteiger partial charge in [0.1, 0.15) is 0 Å². The second kappa shape index (κ2) is 5.00. The van der Waals surface area contributed by atoms with Crippen LogP contribution in [0.4, 0.5) is 4.39 Å². The molecule has 2 aliphatic rings. The van der Waals surface area contributed by atoms with Gasteiger partial charge in [-0.25, -0.2) is 4.39 Å². The summed E-state index contributed by atoms with van der Waals surface area (Å²) in [6.07, 6.45) is 4.93. The molecule has 3 rings (SSSR count). The van der Waals surface area contributed by atoms with Gasteiger partial charge in [-0.3, -0.25) is 0 Å². The van der Waals surface area contributed by atoms with E-state index in [1.165, 1.54) is 0 Å². The van der Waals surface area contributed by atoms with Crippen molar-refractivity contribution in [1.29, 1.82) is 0 Å². The SMILES string of the molecule is NCC1(c2ccc3c(c2F)OCCCO3)CCCC1. The minimum absolute atomic E-state index is 0.214. The fourth-order valence-electron chi connectivity index (χ4n) is 3.25. The predicted molar refractivity (Wildman–Crippen MR) is 71.2 cm³/mol. The summed E-state index contributed by atoms with van der Waals surface area (Å²) in [5, 5.41) is 0. The Balaban J connectivity index is 2.05. The first kappa shape index (κ1) is 12.7. The summed E-state index contributed by atoms with van der Waals surface area (Å²) >= 11 is 0. The number of hydrogen-bond donors (Lipinski definition) is 1. The Morgan fingerprint density at radius 2 is 1.84 bits per heavy atom. The molecule has 0 atom stereocenters. The van der Waals surface area contributed by atoms with Gasteiger partial charge in [0.15, 0.2) is 17.3 Å². The maximum absolute atomic E-state index is 14.8. The molecule has 0 radical (unpaired) electrons. The Morgan fingerprint density at radius 3 is 2.58 bits per heavy atom. The molecule has 0 saturated heterocycles. The molecule has 1 fully saturated rings. The van der Waals surface area contributed by atoms with Crippen LogP contribution in [0.2, 0.25) is 0 Å². The molecular formula is C15H20FNO2. The third-order valence-corrected chi connectivity index (χ3v) is 4.38. The first-order chi connectivity index (χ1) is 9.27. The molecule has 2 N–H and O–H groups in total. The molecule has 104 valence electrons. The van der Waals surface area contributed by atoms with E-state index in [1.54, 1.807) is 0 Å².